The molecule has 64 valence electrons. The number of carboxylic acids is 1. The summed E-state index contributed by atoms with van der Waals surface area (Å²) < 4.78 is 0. The van der Waals surface area contributed by atoms with Crippen molar-refractivity contribution >= 4 is 11.7 Å². The van der Waals surface area contributed by atoms with Crippen LogP contribution in [0.5, 0.6) is 11.5 Å². The van der Waals surface area contributed by atoms with Gasteiger partial charge in [-0.3, -0.25) is 0 Å². The normalized spacial score (nSPS) is 9.67. The summed E-state index contributed by atoms with van der Waals surface area (Å²) in [6.07, 6.45) is 0. The van der Waals surface area contributed by atoms with Crippen LogP contribution in [0.2, 0.25) is 0 Å². The van der Waals surface area contributed by atoms with Crippen molar-refractivity contribution in [2.75, 3.05) is 5.73 Å². The molecule has 5 nitrogen and oxygen atoms in total. The molecule has 1 rings (SSSR count). The Labute approximate surface area is 67.7 Å². The quantitative estimate of drug-likeness (QED) is 0.276. The van der Waals surface area contributed by atoms with E-state index in [1.165, 1.54) is 0 Å². The number of hydrogen-bond acceptors (Lipinski definition) is 4. The molecular weight excluding hydrogens is 162 g/mol. The third-order valence-electron chi connectivity index (χ3n) is 1.37. The lowest BCUT2D eigenvalue weighted by atomic mass is 10.1. The highest BCUT2D eigenvalue weighted by Gasteiger charge is 2.12. The first-order chi connectivity index (χ1) is 5.52. The van der Waals surface area contributed by atoms with Gasteiger partial charge in [0.25, 0.3) is 0 Å². The van der Waals surface area contributed by atoms with Crippen molar-refractivity contribution in [2.24, 2.45) is 0 Å². The van der Waals surface area contributed by atoms with E-state index >= 15 is 0 Å². The highest BCUT2D eigenvalue weighted by Crippen LogP contribution is 2.29. The fraction of sp³-hybridized carbons (Fsp3) is 0. The van der Waals surface area contributed by atoms with Crippen LogP contribution >= 0.6 is 0 Å². The highest BCUT2D eigenvalue weighted by atomic mass is 16.4. The zero-order chi connectivity index (χ0) is 9.30. The summed E-state index contributed by atoms with van der Waals surface area (Å²) in [7, 11) is 0. The Balaban J connectivity index is 3.37. The van der Waals surface area contributed by atoms with Crippen molar-refractivity contribution in [3.63, 3.8) is 0 Å². The molecule has 1 aromatic rings. The molecule has 0 aliphatic carbocycles. The van der Waals surface area contributed by atoms with E-state index in [9.17, 15) is 4.79 Å². The molecule has 0 heterocycles. The summed E-state index contributed by atoms with van der Waals surface area (Å²) in [6.45, 7) is 0. The molecule has 5 heteroatoms. The second kappa shape index (κ2) is 2.61. The van der Waals surface area contributed by atoms with Gasteiger partial charge in [-0.15, -0.1) is 0 Å². The second-order valence-corrected chi connectivity index (χ2v) is 2.23. The van der Waals surface area contributed by atoms with Gasteiger partial charge in [0.15, 0.2) is 0 Å². The average Bonchev–Trinajstić information content (AvgIpc) is 1.96. The van der Waals surface area contributed by atoms with Crippen LogP contribution in [0, 0.1) is 0 Å². The van der Waals surface area contributed by atoms with E-state index in [0.29, 0.717) is 0 Å². The molecule has 0 spiro atoms. The molecule has 0 unspecified atom stereocenters. The maximum atomic E-state index is 10.4. The van der Waals surface area contributed by atoms with Crippen LogP contribution in [-0.4, -0.2) is 21.3 Å². The number of carbonyl (C=O) groups is 1. The molecule has 12 heavy (non-hydrogen) atoms. The minimum absolute atomic E-state index is 0.250. The Kier molecular flexibility index (Phi) is 1.78. The van der Waals surface area contributed by atoms with Crippen LogP contribution in [0.15, 0.2) is 12.1 Å². The van der Waals surface area contributed by atoms with Crippen LogP contribution in [0.4, 0.5) is 5.69 Å². The van der Waals surface area contributed by atoms with E-state index in [-0.39, 0.29) is 17.0 Å². The van der Waals surface area contributed by atoms with Gasteiger partial charge in [0, 0.05) is 6.07 Å². The first kappa shape index (κ1) is 8.19. The van der Waals surface area contributed by atoms with Crippen molar-refractivity contribution < 1.29 is 20.1 Å². The van der Waals surface area contributed by atoms with Crippen LogP contribution in [0.3, 0.4) is 0 Å². The molecule has 0 bridgehead atoms. The molecule has 0 radical (unpaired) electrons. The average molecular weight is 169 g/mol. The smallest absolute Gasteiger partial charge is 0.338 e. The van der Waals surface area contributed by atoms with Crippen molar-refractivity contribution in [1.29, 1.82) is 0 Å². The summed E-state index contributed by atoms with van der Waals surface area (Å²) in [5.74, 6) is -2.06. The molecular formula is C7H7NO4. The molecule has 0 fully saturated rings. The topological polar surface area (TPSA) is 104 Å². The predicted molar refractivity (Wildman–Crippen MR) is 41.1 cm³/mol. The van der Waals surface area contributed by atoms with E-state index in [0.717, 1.165) is 12.1 Å². The molecule has 0 aliphatic rings. The van der Waals surface area contributed by atoms with Gasteiger partial charge in [0.2, 0.25) is 0 Å². The Morgan fingerprint density at radius 1 is 1.33 bits per heavy atom. The Bertz CT molecular complexity index is 334. The number of phenols is 2. The molecule has 1 aromatic carbocycles. The molecule has 0 aliphatic heterocycles. The van der Waals surface area contributed by atoms with Crippen LogP contribution in [-0.2, 0) is 0 Å². The van der Waals surface area contributed by atoms with Gasteiger partial charge in [-0.25, -0.2) is 4.79 Å². The van der Waals surface area contributed by atoms with Gasteiger partial charge in [0.05, 0.1) is 11.3 Å². The Hall–Kier alpha value is -1.91. The van der Waals surface area contributed by atoms with Crippen molar-refractivity contribution in [3.8, 4) is 11.5 Å². The lowest BCUT2D eigenvalue weighted by Crippen LogP contribution is -2.01. The number of aromatic hydroxyl groups is 2. The predicted octanol–water partition coefficient (Wildman–Crippen LogP) is 0.378. The monoisotopic (exact) mass is 169 g/mol. The van der Waals surface area contributed by atoms with E-state index in [4.69, 9.17) is 21.1 Å². The molecule has 0 saturated heterocycles. The molecule has 0 amide bonds. The van der Waals surface area contributed by atoms with Gasteiger partial charge < -0.3 is 21.1 Å². The lowest BCUT2D eigenvalue weighted by molar-refractivity contribution is 0.0697. The van der Waals surface area contributed by atoms with Gasteiger partial charge in [-0.2, -0.15) is 0 Å². The number of rotatable bonds is 1. The van der Waals surface area contributed by atoms with Crippen molar-refractivity contribution in [2.45, 2.75) is 0 Å². The van der Waals surface area contributed by atoms with Gasteiger partial charge >= 0.3 is 5.97 Å². The maximum absolute atomic E-state index is 10.4. The molecule has 5 N–H and O–H groups in total. The summed E-state index contributed by atoms with van der Waals surface area (Å²) in [5, 5.41) is 26.4. The van der Waals surface area contributed by atoms with Crippen LogP contribution in [0.1, 0.15) is 10.4 Å². The fourth-order valence-corrected chi connectivity index (χ4v) is 0.800. The molecule has 0 atom stereocenters. The lowest BCUT2D eigenvalue weighted by Gasteiger charge is -2.03. The van der Waals surface area contributed by atoms with Crippen LogP contribution < -0.4 is 5.73 Å². The number of aromatic carboxylic acids is 1. The third kappa shape index (κ3) is 1.24. The highest BCUT2D eigenvalue weighted by molar-refractivity contribution is 5.95. The minimum atomic E-state index is -1.29. The molecule has 0 aromatic heterocycles. The number of carboxylic acid groups (broad SMARTS) is 1. The number of anilines is 1. The van der Waals surface area contributed by atoms with Crippen LogP contribution in [0.25, 0.3) is 0 Å². The third-order valence-corrected chi connectivity index (χ3v) is 1.37. The Morgan fingerprint density at radius 2 is 1.92 bits per heavy atom. The second-order valence-electron chi connectivity index (χ2n) is 2.23. The largest absolute Gasteiger partial charge is 0.508 e. The first-order valence-corrected chi connectivity index (χ1v) is 3.07. The number of nitrogen functional groups attached to an aromatic ring is 1. The number of nitrogens with two attached hydrogens (primary N) is 1. The summed E-state index contributed by atoms with van der Waals surface area (Å²) in [6, 6.07) is 1.94. The first-order valence-electron chi connectivity index (χ1n) is 3.07. The van der Waals surface area contributed by atoms with Gasteiger partial charge in [0.1, 0.15) is 11.5 Å². The zero-order valence-electron chi connectivity index (χ0n) is 5.98. The zero-order valence-corrected chi connectivity index (χ0v) is 5.98. The fourth-order valence-electron chi connectivity index (χ4n) is 0.800. The summed E-state index contributed by atoms with van der Waals surface area (Å²) in [5.41, 5.74) is 4.65. The molecule has 0 saturated carbocycles. The number of benzene rings is 1. The van der Waals surface area contributed by atoms with E-state index in [1.54, 1.807) is 0 Å². The van der Waals surface area contributed by atoms with E-state index < -0.39 is 11.7 Å². The Morgan fingerprint density at radius 3 is 2.42 bits per heavy atom. The van der Waals surface area contributed by atoms with E-state index in [1.807, 2.05) is 0 Å². The van der Waals surface area contributed by atoms with Gasteiger partial charge in [-0.05, 0) is 6.07 Å². The minimum Gasteiger partial charge on any atom is -0.508 e. The SMILES string of the molecule is Nc1c(O)cc(O)cc1C(=O)O. The standard InChI is InChI=1S/C7H7NO4/c8-6-4(7(11)12)1-3(9)2-5(6)10/h1-2,9-10H,8H2,(H,11,12). The maximum Gasteiger partial charge on any atom is 0.338 e. The van der Waals surface area contributed by atoms with Crippen molar-refractivity contribution in [1.82, 2.24) is 0 Å². The van der Waals surface area contributed by atoms with E-state index in [2.05, 4.69) is 0 Å². The van der Waals surface area contributed by atoms with Gasteiger partial charge in [-0.1, -0.05) is 0 Å². The van der Waals surface area contributed by atoms with Crippen molar-refractivity contribution in [3.05, 3.63) is 17.7 Å². The number of phenolic OH excluding ortho intramolecular Hbond substituents is 2. The summed E-state index contributed by atoms with van der Waals surface area (Å²) in [4.78, 5) is 10.4. The summed E-state index contributed by atoms with van der Waals surface area (Å²) >= 11 is 0. The number of hydrogen-bond donors (Lipinski definition) is 4.